The zero-order valence-electron chi connectivity index (χ0n) is 12.9. The van der Waals surface area contributed by atoms with E-state index in [0.717, 1.165) is 17.4 Å². The summed E-state index contributed by atoms with van der Waals surface area (Å²) < 4.78 is 20.2. The van der Waals surface area contributed by atoms with Gasteiger partial charge in [0.15, 0.2) is 0 Å². The van der Waals surface area contributed by atoms with Gasteiger partial charge in [0.2, 0.25) is 0 Å². The summed E-state index contributed by atoms with van der Waals surface area (Å²) in [6.07, 6.45) is 6.78. The van der Waals surface area contributed by atoms with Crippen LogP contribution in [0.5, 0.6) is 5.75 Å². The Bertz CT molecular complexity index is 832. The average molecular weight is 326 g/mol. The SMILES string of the molecule is COc1ccc(F)cc1C(=O)NCc1ccc(-n2ccnc2)nc1. The molecule has 7 heteroatoms. The van der Waals surface area contributed by atoms with Gasteiger partial charge in [-0.1, -0.05) is 6.07 Å². The number of halogens is 1. The molecule has 0 atom stereocenters. The third kappa shape index (κ3) is 3.40. The van der Waals surface area contributed by atoms with E-state index in [-0.39, 0.29) is 12.1 Å². The summed E-state index contributed by atoms with van der Waals surface area (Å²) in [5, 5.41) is 2.73. The molecule has 0 aliphatic rings. The Morgan fingerprint density at radius 2 is 2.21 bits per heavy atom. The van der Waals surface area contributed by atoms with Crippen molar-refractivity contribution in [3.05, 3.63) is 72.2 Å². The quantitative estimate of drug-likeness (QED) is 0.781. The highest BCUT2D eigenvalue weighted by Gasteiger charge is 2.13. The lowest BCUT2D eigenvalue weighted by Gasteiger charge is -2.10. The Morgan fingerprint density at radius 1 is 1.33 bits per heavy atom. The zero-order valence-corrected chi connectivity index (χ0v) is 12.9. The number of amides is 1. The van der Waals surface area contributed by atoms with Gasteiger partial charge in [-0.3, -0.25) is 9.36 Å². The van der Waals surface area contributed by atoms with Crippen LogP contribution in [0.15, 0.2) is 55.2 Å². The van der Waals surface area contributed by atoms with Crippen LogP contribution in [-0.2, 0) is 6.54 Å². The van der Waals surface area contributed by atoms with Crippen LogP contribution in [0.1, 0.15) is 15.9 Å². The second kappa shape index (κ2) is 6.91. The number of imidazole rings is 1. The molecule has 0 aliphatic heterocycles. The fourth-order valence-electron chi connectivity index (χ4n) is 2.20. The summed E-state index contributed by atoms with van der Waals surface area (Å²) in [7, 11) is 1.43. The van der Waals surface area contributed by atoms with Crippen LogP contribution in [0, 0.1) is 5.82 Å². The van der Waals surface area contributed by atoms with Crippen molar-refractivity contribution >= 4 is 5.91 Å². The Labute approximate surface area is 137 Å². The summed E-state index contributed by atoms with van der Waals surface area (Å²) in [4.78, 5) is 20.5. The summed E-state index contributed by atoms with van der Waals surface area (Å²) >= 11 is 0. The van der Waals surface area contributed by atoms with Crippen molar-refractivity contribution in [2.75, 3.05) is 7.11 Å². The standard InChI is InChI=1S/C17H15FN4O2/c1-24-15-4-3-13(18)8-14(15)17(23)21-10-12-2-5-16(20-9-12)22-7-6-19-11-22/h2-9,11H,10H2,1H3,(H,21,23). The normalized spacial score (nSPS) is 10.4. The molecular weight excluding hydrogens is 311 g/mol. The van der Waals surface area contributed by atoms with Gasteiger partial charge in [0.1, 0.15) is 23.7 Å². The van der Waals surface area contributed by atoms with Gasteiger partial charge in [-0.25, -0.2) is 14.4 Å². The van der Waals surface area contributed by atoms with Crippen LogP contribution < -0.4 is 10.1 Å². The first kappa shape index (κ1) is 15.7. The molecule has 1 aromatic carbocycles. The van der Waals surface area contributed by atoms with E-state index in [1.54, 1.807) is 29.5 Å². The second-order valence-corrected chi connectivity index (χ2v) is 5.02. The number of nitrogens with one attached hydrogen (secondary N) is 1. The molecule has 2 aromatic heterocycles. The van der Waals surface area contributed by atoms with E-state index in [4.69, 9.17) is 4.74 Å². The number of hydrogen-bond acceptors (Lipinski definition) is 4. The lowest BCUT2D eigenvalue weighted by Crippen LogP contribution is -2.23. The third-order valence-electron chi connectivity index (χ3n) is 3.44. The van der Waals surface area contributed by atoms with Crippen LogP contribution in [-0.4, -0.2) is 27.6 Å². The molecule has 0 aliphatic carbocycles. The van der Waals surface area contributed by atoms with Crippen molar-refractivity contribution in [1.29, 1.82) is 0 Å². The van der Waals surface area contributed by atoms with Gasteiger partial charge in [-0.2, -0.15) is 0 Å². The van der Waals surface area contributed by atoms with Gasteiger partial charge < -0.3 is 10.1 Å². The molecule has 3 rings (SSSR count). The topological polar surface area (TPSA) is 69.0 Å². The predicted molar refractivity (Wildman–Crippen MR) is 85.5 cm³/mol. The minimum atomic E-state index is -0.493. The molecule has 3 aromatic rings. The number of pyridine rings is 1. The summed E-state index contributed by atoms with van der Waals surface area (Å²) in [6.45, 7) is 0.274. The minimum absolute atomic E-state index is 0.153. The van der Waals surface area contributed by atoms with E-state index < -0.39 is 11.7 Å². The summed E-state index contributed by atoms with van der Waals surface area (Å²) in [5.41, 5.74) is 0.975. The zero-order chi connectivity index (χ0) is 16.9. The Hall–Kier alpha value is -3.22. The van der Waals surface area contributed by atoms with E-state index in [1.165, 1.54) is 19.2 Å². The fraction of sp³-hybridized carbons (Fsp3) is 0.118. The van der Waals surface area contributed by atoms with Crippen LogP contribution in [0.2, 0.25) is 0 Å². The first-order chi connectivity index (χ1) is 11.7. The minimum Gasteiger partial charge on any atom is -0.496 e. The van der Waals surface area contributed by atoms with Gasteiger partial charge in [0, 0.05) is 25.1 Å². The molecule has 0 fully saturated rings. The Morgan fingerprint density at radius 3 is 2.88 bits per heavy atom. The molecule has 0 unspecified atom stereocenters. The van der Waals surface area contributed by atoms with Gasteiger partial charge >= 0.3 is 0 Å². The van der Waals surface area contributed by atoms with Crippen molar-refractivity contribution in [3.63, 3.8) is 0 Å². The number of methoxy groups -OCH3 is 1. The second-order valence-electron chi connectivity index (χ2n) is 5.02. The average Bonchev–Trinajstić information content (AvgIpc) is 3.14. The summed E-state index contributed by atoms with van der Waals surface area (Å²) in [5.74, 6) is 0.147. The highest BCUT2D eigenvalue weighted by Crippen LogP contribution is 2.19. The van der Waals surface area contributed by atoms with Gasteiger partial charge in [0.25, 0.3) is 5.91 Å². The molecule has 1 amide bonds. The van der Waals surface area contributed by atoms with E-state index >= 15 is 0 Å². The maximum Gasteiger partial charge on any atom is 0.255 e. The van der Waals surface area contributed by atoms with Crippen LogP contribution in [0.3, 0.4) is 0 Å². The number of rotatable bonds is 5. The van der Waals surface area contributed by atoms with Crippen LogP contribution >= 0.6 is 0 Å². The van der Waals surface area contributed by atoms with Gasteiger partial charge in [-0.15, -0.1) is 0 Å². The van der Waals surface area contributed by atoms with Gasteiger partial charge in [-0.05, 0) is 29.8 Å². The molecule has 0 radical (unpaired) electrons. The molecule has 24 heavy (non-hydrogen) atoms. The van der Waals surface area contributed by atoms with Gasteiger partial charge in [0.05, 0.1) is 12.7 Å². The lowest BCUT2D eigenvalue weighted by atomic mass is 10.1. The number of carbonyl (C=O) groups excluding carboxylic acids is 1. The molecule has 1 N–H and O–H groups in total. The smallest absolute Gasteiger partial charge is 0.255 e. The molecule has 6 nitrogen and oxygen atoms in total. The van der Waals surface area contributed by atoms with Crippen LogP contribution in [0.25, 0.3) is 5.82 Å². The molecule has 0 bridgehead atoms. The van der Waals surface area contributed by atoms with E-state index in [1.807, 2.05) is 12.1 Å². The molecule has 122 valence electrons. The van der Waals surface area contributed by atoms with E-state index in [0.29, 0.717) is 5.75 Å². The molecular formula is C17H15FN4O2. The van der Waals surface area contributed by atoms with Crippen molar-refractivity contribution in [2.24, 2.45) is 0 Å². The highest BCUT2D eigenvalue weighted by atomic mass is 19.1. The first-order valence-corrected chi connectivity index (χ1v) is 7.22. The van der Waals surface area contributed by atoms with Crippen molar-refractivity contribution in [3.8, 4) is 11.6 Å². The summed E-state index contributed by atoms with van der Waals surface area (Å²) in [6, 6.07) is 7.49. The molecule has 2 heterocycles. The number of ether oxygens (including phenoxy) is 1. The largest absolute Gasteiger partial charge is 0.496 e. The maximum atomic E-state index is 13.3. The monoisotopic (exact) mass is 326 g/mol. The number of hydrogen-bond donors (Lipinski definition) is 1. The predicted octanol–water partition coefficient (Wildman–Crippen LogP) is 2.34. The third-order valence-corrected chi connectivity index (χ3v) is 3.44. The first-order valence-electron chi connectivity index (χ1n) is 7.22. The van der Waals surface area contributed by atoms with Crippen molar-refractivity contribution in [1.82, 2.24) is 19.9 Å². The van der Waals surface area contributed by atoms with Crippen molar-refractivity contribution in [2.45, 2.75) is 6.54 Å². The molecule has 0 saturated carbocycles. The van der Waals surface area contributed by atoms with Crippen LogP contribution in [0.4, 0.5) is 4.39 Å². The van der Waals surface area contributed by atoms with E-state index in [9.17, 15) is 9.18 Å². The number of nitrogens with zero attached hydrogens (tertiary/aromatic N) is 3. The molecule has 0 saturated heterocycles. The highest BCUT2D eigenvalue weighted by molar-refractivity contribution is 5.96. The number of carbonyl (C=O) groups is 1. The lowest BCUT2D eigenvalue weighted by molar-refractivity contribution is 0.0947. The fourth-order valence-corrected chi connectivity index (χ4v) is 2.20. The van der Waals surface area contributed by atoms with E-state index in [2.05, 4.69) is 15.3 Å². The maximum absolute atomic E-state index is 13.3. The molecule has 0 spiro atoms. The number of benzene rings is 1. The Kier molecular flexibility index (Phi) is 4.51. The number of aromatic nitrogens is 3. The Balaban J connectivity index is 1.67. The van der Waals surface area contributed by atoms with Crippen molar-refractivity contribution < 1.29 is 13.9 Å².